The second kappa shape index (κ2) is 4.11. The van der Waals surface area contributed by atoms with Gasteiger partial charge in [-0.15, -0.1) is 0 Å². The van der Waals surface area contributed by atoms with Gasteiger partial charge in [0.15, 0.2) is 0 Å². The van der Waals surface area contributed by atoms with Gasteiger partial charge in [-0.3, -0.25) is 0 Å². The van der Waals surface area contributed by atoms with E-state index in [9.17, 15) is 8.78 Å². The topological polar surface area (TPSA) is 35.2 Å². The Bertz CT molecular complexity index is 389. The van der Waals surface area contributed by atoms with E-state index in [-0.39, 0.29) is 11.5 Å². The predicted molar refractivity (Wildman–Crippen MR) is 57.1 cm³/mol. The maximum absolute atomic E-state index is 13.7. The summed E-state index contributed by atoms with van der Waals surface area (Å²) >= 11 is 0. The molecule has 2 nitrogen and oxygen atoms in total. The summed E-state index contributed by atoms with van der Waals surface area (Å²) < 4.78 is 31.7. The molecule has 0 bridgehead atoms. The first kappa shape index (κ1) is 11.5. The number of ether oxygens (including phenoxy) is 1. The first-order valence-electron chi connectivity index (χ1n) is 5.32. The molecule has 1 atom stereocenters. The number of halogens is 2. The summed E-state index contributed by atoms with van der Waals surface area (Å²) in [5.41, 5.74) is 5.90. The fourth-order valence-electron chi connectivity index (χ4n) is 2.27. The Morgan fingerprint density at radius 3 is 2.56 bits per heavy atom. The standard InChI is InChI=1S/C12H15F2NO/c1-8(15)5-12(6-16-7-12)10-3-2-9(13)4-11(10)14/h2-4,8H,5-7,15H2,1H3. The number of nitrogens with two attached hydrogens (primary N) is 1. The van der Waals surface area contributed by atoms with E-state index in [1.54, 1.807) is 0 Å². The number of hydrogen-bond acceptors (Lipinski definition) is 2. The maximum atomic E-state index is 13.7. The minimum absolute atomic E-state index is 0.0339. The van der Waals surface area contributed by atoms with Crippen LogP contribution in [-0.4, -0.2) is 19.3 Å². The Morgan fingerprint density at radius 2 is 2.12 bits per heavy atom. The van der Waals surface area contributed by atoms with Crippen LogP contribution in [0.2, 0.25) is 0 Å². The zero-order chi connectivity index (χ0) is 11.8. The minimum atomic E-state index is -0.558. The van der Waals surface area contributed by atoms with Crippen LogP contribution < -0.4 is 5.73 Å². The normalized spacial score (nSPS) is 20.2. The second-order valence-electron chi connectivity index (χ2n) is 4.58. The van der Waals surface area contributed by atoms with Crippen molar-refractivity contribution >= 4 is 0 Å². The highest BCUT2D eigenvalue weighted by Gasteiger charge is 2.42. The van der Waals surface area contributed by atoms with E-state index in [1.165, 1.54) is 12.1 Å². The van der Waals surface area contributed by atoms with Crippen LogP contribution in [0.25, 0.3) is 0 Å². The van der Waals surface area contributed by atoms with Crippen molar-refractivity contribution in [2.24, 2.45) is 5.73 Å². The molecular formula is C12H15F2NO. The largest absolute Gasteiger partial charge is 0.379 e. The van der Waals surface area contributed by atoms with E-state index in [0.717, 1.165) is 6.07 Å². The molecule has 0 saturated carbocycles. The minimum Gasteiger partial charge on any atom is -0.379 e. The molecule has 1 aliphatic heterocycles. The van der Waals surface area contributed by atoms with Gasteiger partial charge in [0, 0.05) is 17.5 Å². The second-order valence-corrected chi connectivity index (χ2v) is 4.58. The lowest BCUT2D eigenvalue weighted by molar-refractivity contribution is -0.0681. The van der Waals surface area contributed by atoms with Gasteiger partial charge in [-0.25, -0.2) is 8.78 Å². The summed E-state index contributed by atoms with van der Waals surface area (Å²) in [4.78, 5) is 0. The average molecular weight is 227 g/mol. The quantitative estimate of drug-likeness (QED) is 0.856. The van der Waals surface area contributed by atoms with Gasteiger partial charge in [-0.1, -0.05) is 6.07 Å². The molecular weight excluding hydrogens is 212 g/mol. The molecule has 4 heteroatoms. The number of hydrogen-bond donors (Lipinski definition) is 1. The van der Waals surface area contributed by atoms with Crippen LogP contribution in [0.1, 0.15) is 18.9 Å². The molecule has 0 amide bonds. The lowest BCUT2D eigenvalue weighted by Crippen LogP contribution is -2.50. The maximum Gasteiger partial charge on any atom is 0.130 e. The molecule has 0 aliphatic carbocycles. The summed E-state index contributed by atoms with van der Waals surface area (Å²) in [7, 11) is 0. The molecule has 1 aromatic rings. The zero-order valence-electron chi connectivity index (χ0n) is 9.17. The molecule has 16 heavy (non-hydrogen) atoms. The molecule has 0 spiro atoms. The molecule has 1 heterocycles. The van der Waals surface area contributed by atoms with Gasteiger partial charge >= 0.3 is 0 Å². The highest BCUT2D eigenvalue weighted by atomic mass is 19.1. The first-order chi connectivity index (χ1) is 7.53. The fraction of sp³-hybridized carbons (Fsp3) is 0.500. The Balaban J connectivity index is 2.33. The van der Waals surface area contributed by atoms with Gasteiger partial charge in [-0.2, -0.15) is 0 Å². The molecule has 1 fully saturated rings. The van der Waals surface area contributed by atoms with Crippen LogP contribution in [-0.2, 0) is 10.2 Å². The van der Waals surface area contributed by atoms with E-state index < -0.39 is 11.6 Å². The van der Waals surface area contributed by atoms with E-state index in [1.807, 2.05) is 6.92 Å². The number of benzene rings is 1. The highest BCUT2D eigenvalue weighted by molar-refractivity contribution is 5.30. The lowest BCUT2D eigenvalue weighted by atomic mass is 9.74. The summed E-state index contributed by atoms with van der Waals surface area (Å²) in [6.45, 7) is 2.79. The molecule has 0 radical (unpaired) electrons. The van der Waals surface area contributed by atoms with Crippen molar-refractivity contribution in [3.63, 3.8) is 0 Å². The fourth-order valence-corrected chi connectivity index (χ4v) is 2.27. The summed E-state index contributed by atoms with van der Waals surface area (Å²) in [6.07, 6.45) is 0.648. The SMILES string of the molecule is CC(N)CC1(c2ccc(F)cc2F)COC1. The van der Waals surface area contributed by atoms with Crippen molar-refractivity contribution < 1.29 is 13.5 Å². The van der Waals surface area contributed by atoms with Gasteiger partial charge in [0.25, 0.3) is 0 Å². The van der Waals surface area contributed by atoms with Crippen LogP contribution >= 0.6 is 0 Å². The predicted octanol–water partition coefficient (Wildman–Crippen LogP) is 1.97. The van der Waals surface area contributed by atoms with E-state index in [2.05, 4.69) is 0 Å². The highest BCUT2D eigenvalue weighted by Crippen LogP contribution is 2.38. The molecule has 2 rings (SSSR count). The molecule has 0 aromatic heterocycles. The summed E-state index contributed by atoms with van der Waals surface area (Å²) in [6, 6.07) is 3.65. The lowest BCUT2D eigenvalue weighted by Gasteiger charge is -2.43. The smallest absolute Gasteiger partial charge is 0.130 e. The molecule has 1 unspecified atom stereocenters. The van der Waals surface area contributed by atoms with Crippen LogP contribution in [0.15, 0.2) is 18.2 Å². The molecule has 1 aliphatic rings. The first-order valence-corrected chi connectivity index (χ1v) is 5.32. The number of rotatable bonds is 3. The van der Waals surface area contributed by atoms with Gasteiger partial charge in [0.2, 0.25) is 0 Å². The zero-order valence-corrected chi connectivity index (χ0v) is 9.17. The van der Waals surface area contributed by atoms with Crippen molar-refractivity contribution in [2.75, 3.05) is 13.2 Å². The molecule has 2 N–H and O–H groups in total. The Hall–Kier alpha value is -1.00. The van der Waals surface area contributed by atoms with Gasteiger partial charge in [0.05, 0.1) is 13.2 Å². The molecule has 88 valence electrons. The Kier molecular flexibility index (Phi) is 2.95. The van der Waals surface area contributed by atoms with Crippen molar-refractivity contribution in [1.29, 1.82) is 0 Å². The summed E-state index contributed by atoms with van der Waals surface area (Å²) in [5, 5.41) is 0. The average Bonchev–Trinajstić information content (AvgIpc) is 2.12. The van der Waals surface area contributed by atoms with Crippen LogP contribution in [0, 0.1) is 11.6 Å². The monoisotopic (exact) mass is 227 g/mol. The van der Waals surface area contributed by atoms with Gasteiger partial charge in [0.1, 0.15) is 11.6 Å². The molecule has 1 aromatic carbocycles. The van der Waals surface area contributed by atoms with Crippen LogP contribution in [0.5, 0.6) is 0 Å². The third-order valence-corrected chi connectivity index (χ3v) is 2.97. The van der Waals surface area contributed by atoms with Crippen LogP contribution in [0.3, 0.4) is 0 Å². The van der Waals surface area contributed by atoms with Gasteiger partial charge in [-0.05, 0) is 25.0 Å². The van der Waals surface area contributed by atoms with E-state index >= 15 is 0 Å². The molecule has 1 saturated heterocycles. The Morgan fingerprint density at radius 1 is 1.44 bits per heavy atom. The third-order valence-electron chi connectivity index (χ3n) is 2.97. The van der Waals surface area contributed by atoms with Crippen molar-refractivity contribution in [3.05, 3.63) is 35.4 Å². The van der Waals surface area contributed by atoms with Crippen molar-refractivity contribution in [2.45, 2.75) is 24.8 Å². The van der Waals surface area contributed by atoms with Gasteiger partial charge < -0.3 is 10.5 Å². The van der Waals surface area contributed by atoms with Crippen molar-refractivity contribution in [3.8, 4) is 0 Å². The van der Waals surface area contributed by atoms with Crippen molar-refractivity contribution in [1.82, 2.24) is 0 Å². The Labute approximate surface area is 93.4 Å². The van der Waals surface area contributed by atoms with E-state index in [4.69, 9.17) is 10.5 Å². The van der Waals surface area contributed by atoms with Crippen LogP contribution in [0.4, 0.5) is 8.78 Å². The third kappa shape index (κ3) is 1.95. The summed E-state index contributed by atoms with van der Waals surface area (Å²) in [5.74, 6) is -1.07. The van der Waals surface area contributed by atoms with E-state index in [0.29, 0.717) is 25.2 Å².